The zero-order valence-electron chi connectivity index (χ0n) is 29.7. The highest BCUT2D eigenvalue weighted by Gasteiger charge is 2.36. The number of anilines is 4. The van der Waals surface area contributed by atoms with Gasteiger partial charge in [0.15, 0.2) is 11.7 Å². The van der Waals surface area contributed by atoms with E-state index in [1.165, 1.54) is 33.3 Å². The number of halogens is 2. The van der Waals surface area contributed by atoms with Crippen molar-refractivity contribution in [2.45, 2.75) is 13.8 Å². The summed E-state index contributed by atoms with van der Waals surface area (Å²) in [6, 6.07) is 43.2. The van der Waals surface area contributed by atoms with Gasteiger partial charge in [-0.25, -0.2) is 0 Å². The van der Waals surface area contributed by atoms with Gasteiger partial charge in [-0.1, -0.05) is 72.8 Å². The maximum Gasteiger partial charge on any atom is 0.269 e. The van der Waals surface area contributed by atoms with E-state index in [4.69, 9.17) is 33.8 Å². The molecule has 0 radical (unpaired) electrons. The number of rotatable bonds is 9. The molecule has 0 N–H and O–H groups in total. The molecular weight excluding hydrogens is 755 g/mol. The predicted octanol–water partition coefficient (Wildman–Crippen LogP) is 9.74. The number of hydrazone groups is 2. The number of nitro benzene ring substituents is 2. The molecule has 0 atom stereocenters. The van der Waals surface area contributed by atoms with Crippen LogP contribution >= 0.6 is 23.6 Å². The molecule has 278 valence electrons. The fraction of sp³-hybridized carbons (Fsp3) is 0.0500. The maximum atomic E-state index is 11.4. The second-order valence-electron chi connectivity index (χ2n) is 12.8. The molecule has 16 heteroatoms. The molecular formula is C40H30Cl2N10O4. The van der Waals surface area contributed by atoms with Crippen molar-refractivity contribution in [3.8, 4) is 11.1 Å². The van der Waals surface area contributed by atoms with Crippen LogP contribution < -0.4 is 20.5 Å². The fourth-order valence-corrected chi connectivity index (χ4v) is 7.00. The van der Waals surface area contributed by atoms with Crippen molar-refractivity contribution < 1.29 is 9.85 Å². The number of hydrogen-bond acceptors (Lipinski definition) is 12. The van der Waals surface area contributed by atoms with Gasteiger partial charge < -0.3 is 0 Å². The first-order valence-electron chi connectivity index (χ1n) is 17.2. The number of hydrazine groups is 4. The molecule has 2 aliphatic rings. The molecule has 0 aliphatic carbocycles. The Balaban J connectivity index is 1.14. The molecule has 14 nitrogen and oxygen atoms in total. The Kier molecular flexibility index (Phi) is 9.33. The molecule has 0 saturated carbocycles. The van der Waals surface area contributed by atoms with Crippen molar-refractivity contribution in [3.63, 3.8) is 0 Å². The molecule has 0 aromatic heterocycles. The summed E-state index contributed by atoms with van der Waals surface area (Å²) in [6.07, 6.45) is 0. The van der Waals surface area contributed by atoms with E-state index in [9.17, 15) is 20.2 Å². The number of aryl methyl sites for hydroxylation is 2. The first kappa shape index (κ1) is 35.8. The lowest BCUT2D eigenvalue weighted by molar-refractivity contribution is -0.385. The van der Waals surface area contributed by atoms with Gasteiger partial charge in [-0.05, 0) is 84.6 Å². The van der Waals surface area contributed by atoms with E-state index in [0.717, 1.165) is 44.8 Å². The largest absolute Gasteiger partial charge is 0.269 e. The van der Waals surface area contributed by atoms with Crippen LogP contribution in [0.3, 0.4) is 0 Å². The van der Waals surface area contributed by atoms with Crippen LogP contribution in [0.1, 0.15) is 22.3 Å². The van der Waals surface area contributed by atoms with Crippen LogP contribution in [0.2, 0.25) is 0 Å². The zero-order valence-corrected chi connectivity index (χ0v) is 31.2. The summed E-state index contributed by atoms with van der Waals surface area (Å²) < 4.78 is 2.77. The average Bonchev–Trinajstić information content (AvgIpc) is 3.74. The minimum atomic E-state index is -0.450. The molecule has 56 heavy (non-hydrogen) atoms. The van der Waals surface area contributed by atoms with Crippen LogP contribution in [0.4, 0.5) is 34.1 Å². The van der Waals surface area contributed by atoms with Gasteiger partial charge in [0.2, 0.25) is 0 Å². The Morgan fingerprint density at radius 3 is 1.16 bits per heavy atom. The molecule has 0 bridgehead atoms. The Morgan fingerprint density at radius 2 is 0.839 bits per heavy atom. The lowest BCUT2D eigenvalue weighted by Gasteiger charge is -2.32. The van der Waals surface area contributed by atoms with Gasteiger partial charge in [-0.15, -0.1) is 20.4 Å². The number of benzene rings is 6. The molecule has 0 saturated heterocycles. The molecule has 0 unspecified atom stereocenters. The van der Waals surface area contributed by atoms with Crippen LogP contribution in [-0.2, 0) is 0 Å². The summed E-state index contributed by atoms with van der Waals surface area (Å²) in [5.41, 5.74) is 7.73. The normalized spacial score (nSPS) is 14.0. The van der Waals surface area contributed by atoms with Crippen molar-refractivity contribution >= 4 is 69.3 Å². The van der Waals surface area contributed by atoms with E-state index < -0.39 is 9.85 Å². The minimum absolute atomic E-state index is 0.0427. The summed E-state index contributed by atoms with van der Waals surface area (Å²) in [4.78, 5) is 21.9. The summed E-state index contributed by atoms with van der Waals surface area (Å²) >= 11 is 13.9. The highest BCUT2D eigenvalue weighted by molar-refractivity contribution is 6.28. The number of nitro groups is 2. The standard InChI is InChI=1S/C40H30Cl2N10O4/c1-27-25-31(13-23-37(27)47-43-39(29-9-5-3-6-10-29)45(41)49(47)33-15-19-35(20-16-33)51(53)54)32-14-24-38(28(2)26-32)48-44-40(30-11-7-4-8-12-30)46(42)50(48)34-17-21-36(22-18-34)52(55)56/h3-26H,1-2H3. The number of non-ortho nitro benzene ring substituents is 2. The fourth-order valence-electron chi connectivity index (χ4n) is 6.44. The van der Waals surface area contributed by atoms with E-state index in [0.29, 0.717) is 23.0 Å². The molecule has 2 heterocycles. The number of nitrogens with zero attached hydrogens (tertiary/aromatic N) is 10. The van der Waals surface area contributed by atoms with Gasteiger partial charge >= 0.3 is 0 Å². The third-order valence-corrected chi connectivity index (χ3v) is 9.83. The van der Waals surface area contributed by atoms with E-state index in [2.05, 4.69) is 12.1 Å². The smallest absolute Gasteiger partial charge is 0.258 e. The number of hydrogen-bond donors (Lipinski definition) is 0. The second-order valence-corrected chi connectivity index (χ2v) is 13.4. The minimum Gasteiger partial charge on any atom is -0.258 e. The second kappa shape index (κ2) is 14.6. The van der Waals surface area contributed by atoms with Crippen LogP contribution in [0.25, 0.3) is 11.1 Å². The van der Waals surface area contributed by atoms with Gasteiger partial charge in [0.1, 0.15) is 0 Å². The SMILES string of the molecule is Cc1cc(-c2ccc(N3N=C(c4ccccc4)N(Cl)N3c3ccc([N+](=O)[O-])cc3)c(C)c2)ccc1N1N=C(c2ccccc2)N(Cl)N1c1ccc([N+](=O)[O-])cc1. The first-order chi connectivity index (χ1) is 27.1. The van der Waals surface area contributed by atoms with Gasteiger partial charge in [0.25, 0.3) is 11.4 Å². The lowest BCUT2D eigenvalue weighted by Crippen LogP contribution is -2.43. The van der Waals surface area contributed by atoms with E-state index in [1.54, 1.807) is 44.7 Å². The van der Waals surface area contributed by atoms with Crippen molar-refractivity contribution in [2.24, 2.45) is 10.2 Å². The Hall–Kier alpha value is -7.16. The molecule has 8 rings (SSSR count). The monoisotopic (exact) mass is 784 g/mol. The summed E-state index contributed by atoms with van der Waals surface area (Å²) in [5, 5.41) is 39.2. The highest BCUT2D eigenvalue weighted by Crippen LogP contribution is 2.39. The predicted molar refractivity (Wildman–Crippen MR) is 219 cm³/mol. The van der Waals surface area contributed by atoms with Crippen molar-refractivity contribution in [3.05, 3.63) is 188 Å². The van der Waals surface area contributed by atoms with Crippen molar-refractivity contribution in [1.29, 1.82) is 0 Å². The van der Waals surface area contributed by atoms with Crippen molar-refractivity contribution in [1.82, 2.24) is 9.06 Å². The lowest BCUT2D eigenvalue weighted by atomic mass is 10.00. The topological polar surface area (TPSA) is 130 Å². The Morgan fingerprint density at radius 1 is 0.482 bits per heavy atom. The Labute approximate surface area is 330 Å². The summed E-state index contributed by atoms with van der Waals surface area (Å²) in [7, 11) is 0. The molecule has 6 aromatic rings. The van der Waals surface area contributed by atoms with Gasteiger partial charge in [-0.2, -0.15) is 19.3 Å². The molecule has 6 aromatic carbocycles. The quantitative estimate of drug-likeness (QED) is 0.0793. The van der Waals surface area contributed by atoms with Crippen LogP contribution in [0, 0.1) is 34.1 Å². The maximum absolute atomic E-state index is 11.4. The Bertz CT molecular complexity index is 2350. The van der Waals surface area contributed by atoms with Gasteiger partial charge in [0.05, 0.1) is 32.6 Å². The summed E-state index contributed by atoms with van der Waals surface area (Å²) in [6.45, 7) is 3.95. The van der Waals surface area contributed by atoms with Crippen LogP contribution in [0.5, 0.6) is 0 Å². The van der Waals surface area contributed by atoms with E-state index >= 15 is 0 Å². The first-order valence-corrected chi connectivity index (χ1v) is 17.9. The third-order valence-electron chi connectivity index (χ3n) is 9.22. The van der Waals surface area contributed by atoms with Crippen LogP contribution in [-0.4, -0.2) is 30.6 Å². The van der Waals surface area contributed by atoms with E-state index in [-0.39, 0.29) is 11.4 Å². The van der Waals surface area contributed by atoms with Gasteiger partial charge in [-0.3, -0.25) is 20.2 Å². The zero-order chi connectivity index (χ0) is 39.1. The summed E-state index contributed by atoms with van der Waals surface area (Å²) in [5.74, 6) is 0.942. The molecule has 0 fully saturated rings. The molecule has 0 spiro atoms. The van der Waals surface area contributed by atoms with Crippen molar-refractivity contribution in [2.75, 3.05) is 20.5 Å². The molecule has 2 aliphatic heterocycles. The highest BCUT2D eigenvalue weighted by atomic mass is 35.5. The molecule has 0 amide bonds. The number of amidine groups is 2. The van der Waals surface area contributed by atoms with E-state index in [1.807, 2.05) is 98.8 Å². The average molecular weight is 786 g/mol. The van der Waals surface area contributed by atoms with Gasteiger partial charge in [0, 0.05) is 58.9 Å². The van der Waals surface area contributed by atoms with Crippen LogP contribution in [0.15, 0.2) is 156 Å². The third kappa shape index (κ3) is 6.52.